The zero-order valence-corrected chi connectivity index (χ0v) is 23.0. The van der Waals surface area contributed by atoms with Crippen molar-refractivity contribution in [2.24, 2.45) is 5.92 Å². The molecular weight excluding hydrogens is 470 g/mol. The largest absolute Gasteiger partial charge is 0.464 e. The van der Waals surface area contributed by atoms with Crippen molar-refractivity contribution >= 4 is 18.0 Å². The van der Waals surface area contributed by atoms with Gasteiger partial charge in [-0.25, -0.2) is 9.59 Å². The highest BCUT2D eigenvalue weighted by molar-refractivity contribution is 5.90. The van der Waals surface area contributed by atoms with Crippen LogP contribution in [0.25, 0.3) is 0 Å². The van der Waals surface area contributed by atoms with E-state index in [1.165, 1.54) is 5.56 Å². The number of ether oxygens (including phenoxy) is 2. The Hall–Kier alpha value is -2.87. The monoisotopic (exact) mass is 513 g/mol. The molecule has 8 heteroatoms. The van der Waals surface area contributed by atoms with Crippen molar-refractivity contribution in [1.29, 1.82) is 0 Å². The first-order valence-electron chi connectivity index (χ1n) is 13.5. The van der Waals surface area contributed by atoms with Crippen LogP contribution in [0.1, 0.15) is 65.9 Å². The lowest BCUT2D eigenvalue weighted by atomic mass is 9.91. The lowest BCUT2D eigenvalue weighted by molar-refractivity contribution is -0.158. The molecule has 3 rings (SSSR count). The smallest absolute Gasteiger partial charge is 0.408 e. The number of benzene rings is 1. The SMILES string of the molecule is CCOC(=O)[C@H]1C[C@H](C)CCN1C(=O)C(CC1=CCCN(Cc2ccccc2)C1)NC(=O)OC(C)(C)C. The third-order valence-electron chi connectivity index (χ3n) is 6.72. The van der Waals surface area contributed by atoms with E-state index >= 15 is 0 Å². The fraction of sp³-hybridized carbons (Fsp3) is 0.621. The highest BCUT2D eigenvalue weighted by Crippen LogP contribution is 2.26. The van der Waals surface area contributed by atoms with Crippen molar-refractivity contribution in [3.8, 4) is 0 Å². The first kappa shape index (κ1) is 28.7. The van der Waals surface area contributed by atoms with Crippen LogP contribution in [-0.2, 0) is 25.6 Å². The van der Waals surface area contributed by atoms with Gasteiger partial charge in [-0.05, 0) is 64.9 Å². The Morgan fingerprint density at radius 3 is 2.54 bits per heavy atom. The zero-order valence-electron chi connectivity index (χ0n) is 23.0. The summed E-state index contributed by atoms with van der Waals surface area (Å²) in [5.74, 6) is -0.343. The van der Waals surface area contributed by atoms with Gasteiger partial charge in [0.05, 0.1) is 6.61 Å². The van der Waals surface area contributed by atoms with Gasteiger partial charge >= 0.3 is 12.1 Å². The molecule has 1 aromatic carbocycles. The molecule has 204 valence electrons. The summed E-state index contributed by atoms with van der Waals surface area (Å²) in [6, 6.07) is 8.83. The number of alkyl carbamates (subject to hydrolysis) is 1. The van der Waals surface area contributed by atoms with Crippen molar-refractivity contribution in [3.05, 3.63) is 47.5 Å². The van der Waals surface area contributed by atoms with E-state index in [4.69, 9.17) is 9.47 Å². The van der Waals surface area contributed by atoms with Gasteiger partial charge in [-0.15, -0.1) is 0 Å². The molecule has 0 radical (unpaired) electrons. The van der Waals surface area contributed by atoms with Crippen LogP contribution in [0, 0.1) is 5.92 Å². The third kappa shape index (κ3) is 8.88. The van der Waals surface area contributed by atoms with Gasteiger partial charge < -0.3 is 19.7 Å². The molecule has 2 aliphatic rings. The van der Waals surface area contributed by atoms with Gasteiger partial charge in [0.15, 0.2) is 0 Å². The molecule has 0 bridgehead atoms. The standard InChI is InChI=1S/C29H43N3O5/c1-6-36-27(34)25-17-21(2)14-16-32(25)26(33)24(30-28(35)37-29(3,4)5)18-23-13-10-15-31(20-23)19-22-11-8-7-9-12-22/h7-9,11-13,21,24-25H,6,10,14-20H2,1-5H3,(H,30,35)/t21-,24?,25-/m1/s1. The Morgan fingerprint density at radius 1 is 1.14 bits per heavy atom. The van der Waals surface area contributed by atoms with Crippen LogP contribution in [0.4, 0.5) is 4.79 Å². The normalized spacial score (nSPS) is 21.5. The topological polar surface area (TPSA) is 88.2 Å². The average molecular weight is 514 g/mol. The second-order valence-corrected chi connectivity index (χ2v) is 11.2. The van der Waals surface area contributed by atoms with E-state index in [0.717, 1.165) is 31.5 Å². The van der Waals surface area contributed by atoms with Crippen molar-refractivity contribution in [2.75, 3.05) is 26.2 Å². The number of amides is 2. The van der Waals surface area contributed by atoms with E-state index in [-0.39, 0.29) is 18.5 Å². The van der Waals surface area contributed by atoms with Crippen LogP contribution >= 0.6 is 0 Å². The molecule has 8 nitrogen and oxygen atoms in total. The summed E-state index contributed by atoms with van der Waals surface area (Å²) in [4.78, 5) is 43.3. The number of nitrogens with one attached hydrogen (secondary N) is 1. The maximum Gasteiger partial charge on any atom is 0.408 e. The summed E-state index contributed by atoms with van der Waals surface area (Å²) in [5.41, 5.74) is 1.64. The Kier molecular flexibility index (Phi) is 10.1. The molecular formula is C29H43N3O5. The van der Waals surface area contributed by atoms with Crippen molar-refractivity contribution < 1.29 is 23.9 Å². The molecule has 2 aliphatic heterocycles. The predicted octanol–water partition coefficient (Wildman–Crippen LogP) is 4.29. The van der Waals surface area contributed by atoms with Crippen molar-refractivity contribution in [3.63, 3.8) is 0 Å². The van der Waals surface area contributed by atoms with Gasteiger partial charge in [0.25, 0.3) is 0 Å². The Labute approximate surface area is 221 Å². The van der Waals surface area contributed by atoms with Gasteiger partial charge in [0, 0.05) is 26.2 Å². The van der Waals surface area contributed by atoms with Crippen LogP contribution in [0.5, 0.6) is 0 Å². The van der Waals surface area contributed by atoms with Crippen LogP contribution in [0.3, 0.4) is 0 Å². The molecule has 37 heavy (non-hydrogen) atoms. The molecule has 1 unspecified atom stereocenters. The highest BCUT2D eigenvalue weighted by atomic mass is 16.6. The van der Waals surface area contributed by atoms with E-state index in [0.29, 0.717) is 31.8 Å². The Balaban J connectivity index is 1.77. The van der Waals surface area contributed by atoms with Gasteiger partial charge in [-0.3, -0.25) is 9.69 Å². The summed E-state index contributed by atoms with van der Waals surface area (Å²) >= 11 is 0. The fourth-order valence-corrected chi connectivity index (χ4v) is 4.99. The number of rotatable bonds is 8. The summed E-state index contributed by atoms with van der Waals surface area (Å²) in [7, 11) is 0. The number of carbonyl (C=O) groups excluding carboxylic acids is 3. The first-order valence-corrected chi connectivity index (χ1v) is 13.5. The minimum absolute atomic E-state index is 0.259. The van der Waals surface area contributed by atoms with E-state index in [2.05, 4.69) is 35.3 Å². The van der Waals surface area contributed by atoms with Gasteiger partial charge in [0.2, 0.25) is 5.91 Å². The van der Waals surface area contributed by atoms with E-state index < -0.39 is 23.8 Å². The molecule has 2 amide bonds. The number of esters is 1. The van der Waals surface area contributed by atoms with E-state index in [1.807, 2.05) is 18.2 Å². The molecule has 1 aromatic rings. The molecule has 0 aliphatic carbocycles. The predicted molar refractivity (Wildman–Crippen MR) is 143 cm³/mol. The van der Waals surface area contributed by atoms with Crippen molar-refractivity contribution in [1.82, 2.24) is 15.1 Å². The zero-order chi connectivity index (χ0) is 27.0. The van der Waals surface area contributed by atoms with Crippen LogP contribution < -0.4 is 5.32 Å². The lowest BCUT2D eigenvalue weighted by Crippen LogP contribution is -2.57. The van der Waals surface area contributed by atoms with E-state index in [1.54, 1.807) is 32.6 Å². The summed E-state index contributed by atoms with van der Waals surface area (Å²) < 4.78 is 10.8. The number of hydrogen-bond donors (Lipinski definition) is 1. The molecule has 0 saturated carbocycles. The lowest BCUT2D eigenvalue weighted by Gasteiger charge is -2.39. The number of likely N-dealkylation sites (tertiary alicyclic amines) is 1. The van der Waals surface area contributed by atoms with Gasteiger partial charge in [0.1, 0.15) is 17.7 Å². The molecule has 1 fully saturated rings. The molecule has 0 aromatic heterocycles. The van der Waals surface area contributed by atoms with Crippen LogP contribution in [-0.4, -0.2) is 71.7 Å². The number of hydrogen-bond acceptors (Lipinski definition) is 6. The van der Waals surface area contributed by atoms with E-state index in [9.17, 15) is 14.4 Å². The third-order valence-corrected chi connectivity index (χ3v) is 6.72. The summed E-state index contributed by atoms with van der Waals surface area (Å²) in [6.45, 7) is 12.4. The maximum absolute atomic E-state index is 13.9. The highest BCUT2D eigenvalue weighted by Gasteiger charge is 2.39. The van der Waals surface area contributed by atoms with Crippen LogP contribution in [0.15, 0.2) is 42.0 Å². The summed E-state index contributed by atoms with van der Waals surface area (Å²) in [6.07, 6.45) is 4.12. The fourth-order valence-electron chi connectivity index (χ4n) is 4.99. The Morgan fingerprint density at radius 2 is 1.86 bits per heavy atom. The molecule has 1 saturated heterocycles. The number of piperidine rings is 1. The minimum Gasteiger partial charge on any atom is -0.464 e. The minimum atomic E-state index is -0.830. The molecule has 0 spiro atoms. The van der Waals surface area contributed by atoms with Crippen molar-refractivity contribution in [2.45, 2.75) is 84.5 Å². The number of nitrogens with zero attached hydrogens (tertiary/aromatic N) is 2. The first-order chi connectivity index (χ1) is 17.6. The molecule has 2 heterocycles. The van der Waals surface area contributed by atoms with Gasteiger partial charge in [-0.2, -0.15) is 0 Å². The van der Waals surface area contributed by atoms with Gasteiger partial charge in [-0.1, -0.05) is 48.9 Å². The quantitative estimate of drug-likeness (QED) is 0.412. The second-order valence-electron chi connectivity index (χ2n) is 11.2. The summed E-state index contributed by atoms with van der Waals surface area (Å²) in [5, 5.41) is 2.82. The Bertz CT molecular complexity index is 956. The number of carbonyl (C=O) groups is 3. The average Bonchev–Trinajstić information content (AvgIpc) is 2.83. The maximum atomic E-state index is 13.9. The van der Waals surface area contributed by atoms with Crippen LogP contribution in [0.2, 0.25) is 0 Å². The molecule has 1 N–H and O–H groups in total. The molecule has 3 atom stereocenters. The second kappa shape index (κ2) is 13.1.